The van der Waals surface area contributed by atoms with Crippen molar-refractivity contribution in [3.63, 3.8) is 0 Å². The maximum Gasteiger partial charge on any atom is 0.329 e. The maximum absolute atomic E-state index is 11.9. The lowest BCUT2D eigenvalue weighted by Crippen LogP contribution is -2.32. The summed E-state index contributed by atoms with van der Waals surface area (Å²) in [4.78, 5) is 23.7. The zero-order chi connectivity index (χ0) is 18.4. The minimum atomic E-state index is -0.845. The van der Waals surface area contributed by atoms with Crippen LogP contribution in [0.1, 0.15) is 16.7 Å². The summed E-state index contributed by atoms with van der Waals surface area (Å²) in [5.41, 5.74) is 5.63. The van der Waals surface area contributed by atoms with Gasteiger partial charge in [-0.2, -0.15) is 5.10 Å². The largest absolute Gasteiger partial charge is 0.496 e. The Morgan fingerprint density at radius 2 is 1.84 bits per heavy atom. The zero-order valence-electron chi connectivity index (χ0n) is 14.1. The Morgan fingerprint density at radius 1 is 1.08 bits per heavy atom. The second-order valence-corrected chi connectivity index (χ2v) is 6.20. The summed E-state index contributed by atoms with van der Waals surface area (Å²) in [5, 5.41) is 6.32. The molecule has 0 aliphatic rings. The number of aryl methyl sites for hydroxylation is 2. The predicted octanol–water partition coefficient (Wildman–Crippen LogP) is 3.16. The number of rotatable bonds is 4. The van der Waals surface area contributed by atoms with Gasteiger partial charge in [-0.3, -0.25) is 9.59 Å². The zero-order valence-corrected chi connectivity index (χ0v) is 15.7. The summed E-state index contributed by atoms with van der Waals surface area (Å²) in [6.07, 6.45) is 1.44. The number of methoxy groups -OCH3 is 1. The van der Waals surface area contributed by atoms with E-state index in [-0.39, 0.29) is 0 Å². The van der Waals surface area contributed by atoms with Gasteiger partial charge in [0.2, 0.25) is 0 Å². The Hall–Kier alpha value is -2.67. The first-order valence-electron chi connectivity index (χ1n) is 7.46. The van der Waals surface area contributed by atoms with Gasteiger partial charge in [0.05, 0.1) is 17.8 Å². The molecule has 0 heterocycles. The minimum Gasteiger partial charge on any atom is -0.496 e. The van der Waals surface area contributed by atoms with Gasteiger partial charge in [-0.1, -0.05) is 6.07 Å². The lowest BCUT2D eigenvalue weighted by molar-refractivity contribution is -0.136. The Labute approximate surface area is 154 Å². The second kappa shape index (κ2) is 8.43. The Morgan fingerprint density at radius 3 is 2.48 bits per heavy atom. The standard InChI is InChI=1S/C18H18BrN3O3/c1-11-4-6-14(8-12(11)2)21-17(23)18(24)22-20-10-13-5-7-16(25-3)15(19)9-13/h4-10H,1-3H3,(H,21,23)(H,22,24)/b20-10-. The van der Waals surface area contributed by atoms with Crippen LogP contribution < -0.4 is 15.5 Å². The fraction of sp³-hybridized carbons (Fsp3) is 0.167. The minimum absolute atomic E-state index is 0.561. The lowest BCUT2D eigenvalue weighted by atomic mass is 10.1. The van der Waals surface area contributed by atoms with E-state index in [1.54, 1.807) is 37.4 Å². The number of benzene rings is 2. The van der Waals surface area contributed by atoms with Crippen molar-refractivity contribution in [3.05, 3.63) is 57.6 Å². The van der Waals surface area contributed by atoms with Crippen LogP contribution in [0.5, 0.6) is 5.75 Å². The number of halogens is 1. The van der Waals surface area contributed by atoms with Crippen molar-refractivity contribution in [1.82, 2.24) is 5.43 Å². The number of nitrogens with zero attached hydrogens (tertiary/aromatic N) is 1. The van der Waals surface area contributed by atoms with Crippen LogP contribution in [-0.4, -0.2) is 25.1 Å². The van der Waals surface area contributed by atoms with Gasteiger partial charge in [0.15, 0.2) is 0 Å². The molecule has 0 saturated carbocycles. The molecule has 2 N–H and O–H groups in total. The third-order valence-electron chi connectivity index (χ3n) is 3.53. The second-order valence-electron chi connectivity index (χ2n) is 5.35. The molecule has 0 radical (unpaired) electrons. The van der Waals surface area contributed by atoms with Crippen LogP contribution in [0.15, 0.2) is 46.0 Å². The normalized spacial score (nSPS) is 10.6. The van der Waals surface area contributed by atoms with Crippen molar-refractivity contribution in [2.45, 2.75) is 13.8 Å². The first kappa shape index (κ1) is 18.7. The van der Waals surface area contributed by atoms with Gasteiger partial charge in [0, 0.05) is 5.69 Å². The summed E-state index contributed by atoms with van der Waals surface area (Å²) in [5.74, 6) is -0.938. The van der Waals surface area contributed by atoms with Crippen LogP contribution in [0.3, 0.4) is 0 Å². The summed E-state index contributed by atoms with van der Waals surface area (Å²) in [6, 6.07) is 10.7. The molecule has 25 heavy (non-hydrogen) atoms. The Bertz CT molecular complexity index is 834. The molecule has 0 aromatic heterocycles. The molecule has 0 bridgehead atoms. The van der Waals surface area contributed by atoms with Crippen LogP contribution in [0.2, 0.25) is 0 Å². The topological polar surface area (TPSA) is 79.8 Å². The van der Waals surface area contributed by atoms with Gasteiger partial charge in [0.1, 0.15) is 5.75 Å². The molecule has 0 spiro atoms. The molecule has 0 saturated heterocycles. The summed E-state index contributed by atoms with van der Waals surface area (Å²) >= 11 is 3.36. The number of anilines is 1. The molecule has 0 aliphatic carbocycles. The molecule has 6 nitrogen and oxygen atoms in total. The highest BCUT2D eigenvalue weighted by Gasteiger charge is 2.13. The van der Waals surface area contributed by atoms with Crippen molar-refractivity contribution in [2.75, 3.05) is 12.4 Å². The number of ether oxygens (including phenoxy) is 1. The molecule has 2 amide bonds. The van der Waals surface area contributed by atoms with Crippen molar-refractivity contribution in [2.24, 2.45) is 5.10 Å². The van der Waals surface area contributed by atoms with E-state index in [2.05, 4.69) is 31.8 Å². The van der Waals surface area contributed by atoms with E-state index in [4.69, 9.17) is 4.74 Å². The smallest absolute Gasteiger partial charge is 0.329 e. The number of carbonyl (C=O) groups is 2. The van der Waals surface area contributed by atoms with E-state index in [9.17, 15) is 9.59 Å². The van der Waals surface area contributed by atoms with Gasteiger partial charge < -0.3 is 10.1 Å². The summed E-state index contributed by atoms with van der Waals surface area (Å²) in [7, 11) is 1.57. The van der Waals surface area contributed by atoms with Crippen LogP contribution in [0, 0.1) is 13.8 Å². The van der Waals surface area contributed by atoms with Crippen molar-refractivity contribution >= 4 is 39.6 Å². The van der Waals surface area contributed by atoms with Crippen molar-refractivity contribution < 1.29 is 14.3 Å². The van der Waals surface area contributed by atoms with E-state index >= 15 is 0 Å². The summed E-state index contributed by atoms with van der Waals surface area (Å²) < 4.78 is 5.89. The number of carbonyl (C=O) groups excluding carboxylic acids is 2. The number of nitrogens with one attached hydrogen (secondary N) is 2. The van der Waals surface area contributed by atoms with Gasteiger partial charge in [0.25, 0.3) is 0 Å². The molecule has 0 fully saturated rings. The van der Waals surface area contributed by atoms with Crippen LogP contribution in [0.4, 0.5) is 5.69 Å². The van der Waals surface area contributed by atoms with Crippen LogP contribution in [-0.2, 0) is 9.59 Å². The number of hydrogen-bond acceptors (Lipinski definition) is 4. The Balaban J connectivity index is 1.93. The highest BCUT2D eigenvalue weighted by atomic mass is 79.9. The average Bonchev–Trinajstić information content (AvgIpc) is 2.58. The van der Waals surface area contributed by atoms with Gasteiger partial charge >= 0.3 is 11.8 Å². The van der Waals surface area contributed by atoms with Gasteiger partial charge in [-0.25, -0.2) is 5.43 Å². The van der Waals surface area contributed by atoms with Gasteiger partial charge in [-0.05, 0) is 76.8 Å². The molecule has 0 atom stereocenters. The average molecular weight is 404 g/mol. The molecule has 2 aromatic rings. The molecular formula is C18H18BrN3O3. The van der Waals surface area contributed by atoms with Gasteiger partial charge in [-0.15, -0.1) is 0 Å². The molecule has 2 aromatic carbocycles. The van der Waals surface area contributed by atoms with E-state index in [0.717, 1.165) is 21.2 Å². The third-order valence-corrected chi connectivity index (χ3v) is 4.15. The summed E-state index contributed by atoms with van der Waals surface area (Å²) in [6.45, 7) is 3.90. The fourth-order valence-corrected chi connectivity index (χ4v) is 2.54. The van der Waals surface area contributed by atoms with Crippen molar-refractivity contribution in [3.8, 4) is 5.75 Å². The molecule has 2 rings (SSSR count). The first-order valence-corrected chi connectivity index (χ1v) is 8.25. The number of hydrazone groups is 1. The monoisotopic (exact) mass is 403 g/mol. The quantitative estimate of drug-likeness (QED) is 0.467. The predicted molar refractivity (Wildman–Crippen MR) is 101 cm³/mol. The highest BCUT2D eigenvalue weighted by molar-refractivity contribution is 9.10. The van der Waals surface area contributed by atoms with E-state index in [0.29, 0.717) is 11.4 Å². The van der Waals surface area contributed by atoms with Crippen LogP contribution in [0.25, 0.3) is 0 Å². The number of amides is 2. The van der Waals surface area contributed by atoms with E-state index < -0.39 is 11.8 Å². The molecule has 7 heteroatoms. The molecular weight excluding hydrogens is 386 g/mol. The fourth-order valence-electron chi connectivity index (χ4n) is 1.99. The van der Waals surface area contributed by atoms with E-state index in [1.165, 1.54) is 6.21 Å². The van der Waals surface area contributed by atoms with Crippen LogP contribution >= 0.6 is 15.9 Å². The molecule has 130 valence electrons. The number of hydrogen-bond donors (Lipinski definition) is 2. The SMILES string of the molecule is COc1ccc(/C=N\NC(=O)C(=O)Nc2ccc(C)c(C)c2)cc1Br. The Kier molecular flexibility index (Phi) is 6.30. The maximum atomic E-state index is 11.9. The highest BCUT2D eigenvalue weighted by Crippen LogP contribution is 2.24. The molecule has 0 aliphatic heterocycles. The third kappa shape index (κ3) is 5.15. The van der Waals surface area contributed by atoms with E-state index in [1.807, 2.05) is 19.9 Å². The first-order chi connectivity index (χ1) is 11.9. The van der Waals surface area contributed by atoms with Crippen molar-refractivity contribution in [1.29, 1.82) is 0 Å². The lowest BCUT2D eigenvalue weighted by Gasteiger charge is -2.06. The molecule has 0 unspecified atom stereocenters.